The third kappa shape index (κ3) is 5.21. The molecule has 162 valence electrons. The van der Waals surface area contributed by atoms with Crippen molar-refractivity contribution in [3.05, 3.63) is 60.8 Å². The summed E-state index contributed by atoms with van der Waals surface area (Å²) < 4.78 is 0. The summed E-state index contributed by atoms with van der Waals surface area (Å²) in [5.74, 6) is 0.703. The topological polar surface area (TPSA) is 57.8 Å². The van der Waals surface area contributed by atoms with Crippen LogP contribution in [0.2, 0.25) is 0 Å². The third-order valence-electron chi connectivity index (χ3n) is 6.16. The van der Waals surface area contributed by atoms with Gasteiger partial charge in [-0.2, -0.15) is 0 Å². The van der Waals surface area contributed by atoms with Crippen molar-refractivity contribution in [2.75, 3.05) is 6.54 Å². The molecule has 3 aromatic rings. The van der Waals surface area contributed by atoms with E-state index in [9.17, 15) is 4.79 Å². The summed E-state index contributed by atoms with van der Waals surface area (Å²) in [6.45, 7) is 6.29. The van der Waals surface area contributed by atoms with Gasteiger partial charge in [0.2, 0.25) is 5.91 Å². The Morgan fingerprint density at radius 3 is 2.77 bits per heavy atom. The lowest BCUT2D eigenvalue weighted by Gasteiger charge is -2.27. The molecule has 5 heteroatoms. The monoisotopic (exact) mass is 433 g/mol. The smallest absolute Gasteiger partial charge is 0.216 e. The quantitative estimate of drug-likeness (QED) is 0.332. The van der Waals surface area contributed by atoms with Crippen LogP contribution in [0.4, 0.5) is 0 Å². The van der Waals surface area contributed by atoms with Gasteiger partial charge in [-0.05, 0) is 42.4 Å². The van der Waals surface area contributed by atoms with Crippen LogP contribution in [0.3, 0.4) is 0 Å². The summed E-state index contributed by atoms with van der Waals surface area (Å²) in [7, 11) is 0. The first-order chi connectivity index (χ1) is 15.2. The molecule has 0 aliphatic heterocycles. The number of hydrogen-bond donors (Lipinski definition) is 2. The fourth-order valence-corrected chi connectivity index (χ4v) is 5.77. The first-order valence-electron chi connectivity index (χ1n) is 11.3. The van der Waals surface area contributed by atoms with Crippen LogP contribution >= 0.6 is 11.8 Å². The van der Waals surface area contributed by atoms with Crippen LogP contribution in [0.5, 0.6) is 0 Å². The predicted octanol–water partition coefficient (Wildman–Crippen LogP) is 6.14. The van der Waals surface area contributed by atoms with Crippen LogP contribution in [0.1, 0.15) is 44.6 Å². The fourth-order valence-electron chi connectivity index (χ4n) is 4.60. The molecular weight excluding hydrogens is 402 g/mol. The van der Waals surface area contributed by atoms with E-state index in [4.69, 9.17) is 4.98 Å². The molecule has 1 atom stereocenters. The number of pyridine rings is 1. The highest BCUT2D eigenvalue weighted by atomic mass is 32.2. The maximum Gasteiger partial charge on any atom is 0.216 e. The average molecular weight is 434 g/mol. The molecule has 0 saturated heterocycles. The maximum atomic E-state index is 11.4. The van der Waals surface area contributed by atoms with Crippen LogP contribution in [0, 0.1) is 5.92 Å². The first-order valence-corrected chi connectivity index (χ1v) is 12.1. The second-order valence-electron chi connectivity index (χ2n) is 8.36. The molecule has 1 fully saturated rings. The lowest BCUT2D eigenvalue weighted by Crippen LogP contribution is -2.22. The van der Waals surface area contributed by atoms with Gasteiger partial charge in [0.1, 0.15) is 5.65 Å². The van der Waals surface area contributed by atoms with Gasteiger partial charge in [-0.3, -0.25) is 4.79 Å². The van der Waals surface area contributed by atoms with Gasteiger partial charge in [0.05, 0.1) is 5.69 Å². The molecule has 31 heavy (non-hydrogen) atoms. The van der Waals surface area contributed by atoms with Gasteiger partial charge in [-0.1, -0.05) is 55.7 Å². The molecule has 4 nitrogen and oxygen atoms in total. The minimum atomic E-state index is -0.00298. The highest BCUT2D eigenvalue weighted by Gasteiger charge is 2.23. The minimum absolute atomic E-state index is 0.00298. The first kappa shape index (κ1) is 21.7. The molecule has 1 saturated carbocycles. The van der Waals surface area contributed by atoms with E-state index in [0.29, 0.717) is 17.7 Å². The van der Waals surface area contributed by atoms with Gasteiger partial charge >= 0.3 is 0 Å². The molecule has 2 aromatic heterocycles. The SMILES string of the molecule is C=CC(Sc1cnc2[nH]c(-c3ccccc3)c(CCNC(C)=O)c2c1)C1CCCCC1. The van der Waals surface area contributed by atoms with E-state index in [1.165, 1.54) is 42.6 Å². The number of H-pyrrole nitrogens is 1. The van der Waals surface area contributed by atoms with Crippen molar-refractivity contribution in [3.63, 3.8) is 0 Å². The van der Waals surface area contributed by atoms with Crippen LogP contribution in [0.25, 0.3) is 22.3 Å². The van der Waals surface area contributed by atoms with Gasteiger partial charge in [-0.25, -0.2) is 4.98 Å². The average Bonchev–Trinajstić information content (AvgIpc) is 3.16. The number of carbonyl (C=O) groups excluding carboxylic acids is 1. The van der Waals surface area contributed by atoms with E-state index in [1.807, 2.05) is 36.2 Å². The Bertz CT molecular complexity index is 1040. The number of benzene rings is 1. The third-order valence-corrected chi connectivity index (χ3v) is 7.51. The van der Waals surface area contributed by atoms with Crippen molar-refractivity contribution in [1.29, 1.82) is 0 Å². The maximum absolute atomic E-state index is 11.4. The van der Waals surface area contributed by atoms with E-state index >= 15 is 0 Å². The number of nitrogens with zero attached hydrogens (tertiary/aromatic N) is 1. The Balaban J connectivity index is 1.66. The van der Waals surface area contributed by atoms with Gasteiger partial charge in [0.25, 0.3) is 0 Å². The Morgan fingerprint density at radius 1 is 1.29 bits per heavy atom. The van der Waals surface area contributed by atoms with Crippen molar-refractivity contribution in [2.45, 2.75) is 55.6 Å². The number of hydrogen-bond acceptors (Lipinski definition) is 3. The number of fused-ring (bicyclic) bond motifs is 1. The number of aromatic amines is 1. The molecule has 1 aliphatic rings. The van der Waals surface area contributed by atoms with Crippen molar-refractivity contribution >= 4 is 28.7 Å². The van der Waals surface area contributed by atoms with Crippen LogP contribution in [-0.4, -0.2) is 27.7 Å². The van der Waals surface area contributed by atoms with Crippen LogP contribution < -0.4 is 5.32 Å². The lowest BCUT2D eigenvalue weighted by atomic mass is 9.87. The lowest BCUT2D eigenvalue weighted by molar-refractivity contribution is -0.118. The van der Waals surface area contributed by atoms with Crippen LogP contribution in [0.15, 0.2) is 60.1 Å². The van der Waals surface area contributed by atoms with Gasteiger partial charge < -0.3 is 10.3 Å². The number of amides is 1. The summed E-state index contributed by atoms with van der Waals surface area (Å²) in [6.07, 6.45) is 11.5. The molecule has 1 unspecified atom stereocenters. The molecule has 1 aliphatic carbocycles. The van der Waals surface area contributed by atoms with Crippen molar-refractivity contribution < 1.29 is 4.79 Å². The Labute approximate surface area is 188 Å². The Morgan fingerprint density at radius 2 is 2.06 bits per heavy atom. The molecule has 2 N–H and O–H groups in total. The standard InChI is InChI=1S/C26H31N3OS/c1-3-24(19-10-6-4-7-11-19)31-21-16-23-22(14-15-27-18(2)30)25(29-26(23)28-17-21)20-12-8-5-9-13-20/h3,5,8-9,12-13,16-17,19,24H,1,4,6-7,10-11,14-15H2,2H3,(H,27,30)(H,28,29). The molecule has 4 rings (SSSR count). The van der Waals surface area contributed by atoms with Crippen molar-refractivity contribution in [2.24, 2.45) is 5.92 Å². The van der Waals surface area contributed by atoms with Gasteiger partial charge in [0, 0.05) is 35.2 Å². The zero-order chi connectivity index (χ0) is 21.6. The van der Waals surface area contributed by atoms with E-state index in [1.54, 1.807) is 6.92 Å². The molecule has 1 amide bonds. The molecular formula is C26H31N3OS. The van der Waals surface area contributed by atoms with Gasteiger partial charge in [-0.15, -0.1) is 18.3 Å². The Hall–Kier alpha value is -2.53. The summed E-state index contributed by atoms with van der Waals surface area (Å²) in [5, 5.41) is 4.50. The minimum Gasteiger partial charge on any atom is -0.356 e. The highest BCUT2D eigenvalue weighted by molar-refractivity contribution is 8.00. The summed E-state index contributed by atoms with van der Waals surface area (Å²) in [5.41, 5.74) is 4.33. The van der Waals surface area contributed by atoms with Gasteiger partial charge in [0.15, 0.2) is 0 Å². The van der Waals surface area contributed by atoms with E-state index in [0.717, 1.165) is 28.7 Å². The molecule has 1 aromatic carbocycles. The van der Waals surface area contributed by atoms with Crippen molar-refractivity contribution in [3.8, 4) is 11.3 Å². The number of aromatic nitrogens is 2. The normalized spacial score (nSPS) is 15.6. The second kappa shape index (κ2) is 10.2. The molecule has 0 radical (unpaired) electrons. The van der Waals surface area contributed by atoms with Crippen LogP contribution in [-0.2, 0) is 11.2 Å². The molecule has 2 heterocycles. The molecule has 0 bridgehead atoms. The zero-order valence-electron chi connectivity index (χ0n) is 18.2. The van der Waals surface area contributed by atoms with E-state index in [-0.39, 0.29) is 5.91 Å². The van der Waals surface area contributed by atoms with E-state index < -0.39 is 0 Å². The summed E-state index contributed by atoms with van der Waals surface area (Å²) in [6, 6.07) is 12.6. The molecule has 0 spiro atoms. The number of thioether (sulfide) groups is 1. The number of rotatable bonds is 8. The largest absolute Gasteiger partial charge is 0.356 e. The second-order valence-corrected chi connectivity index (χ2v) is 9.61. The summed E-state index contributed by atoms with van der Waals surface area (Å²) in [4.78, 5) is 20.9. The fraction of sp³-hybridized carbons (Fsp3) is 0.385. The predicted molar refractivity (Wildman–Crippen MR) is 130 cm³/mol. The highest BCUT2D eigenvalue weighted by Crippen LogP contribution is 2.38. The van der Waals surface area contributed by atoms with Crippen molar-refractivity contribution in [1.82, 2.24) is 15.3 Å². The number of carbonyl (C=O) groups is 1. The number of nitrogens with one attached hydrogen (secondary N) is 2. The summed E-state index contributed by atoms with van der Waals surface area (Å²) >= 11 is 1.89. The zero-order valence-corrected chi connectivity index (χ0v) is 19.0. The van der Waals surface area contributed by atoms with E-state index in [2.05, 4.69) is 41.2 Å². The Kier molecular flexibility index (Phi) is 7.13.